The summed E-state index contributed by atoms with van der Waals surface area (Å²) < 4.78 is 40.7. The lowest BCUT2D eigenvalue weighted by molar-refractivity contribution is -0.143. The van der Waals surface area contributed by atoms with Gasteiger partial charge in [-0.1, -0.05) is 49.4 Å². The third kappa shape index (κ3) is 3.53. The standard InChI is InChI=1S/C19H21ClF3N3O/c20-15-9-5-8-13-14(15)10-16-24-25(11-19(21,22)23)18(27)26(16)17(13)12-6-3-1-2-4-7-12/h5,8-9,12,17H,1-4,6-7,10-11H2. The van der Waals surface area contributed by atoms with E-state index in [1.165, 1.54) is 4.57 Å². The molecule has 1 aliphatic carbocycles. The lowest BCUT2D eigenvalue weighted by Gasteiger charge is -2.33. The second kappa shape index (κ2) is 7.00. The van der Waals surface area contributed by atoms with Crippen LogP contribution in [-0.4, -0.2) is 20.5 Å². The van der Waals surface area contributed by atoms with E-state index < -0.39 is 18.4 Å². The van der Waals surface area contributed by atoms with Gasteiger partial charge in [-0.25, -0.2) is 9.48 Å². The first-order valence-corrected chi connectivity index (χ1v) is 9.75. The number of alkyl halides is 3. The zero-order valence-corrected chi connectivity index (χ0v) is 15.6. The van der Waals surface area contributed by atoms with E-state index in [0.717, 1.165) is 49.7 Å². The van der Waals surface area contributed by atoms with Crippen LogP contribution >= 0.6 is 11.6 Å². The molecule has 2 aliphatic rings. The molecule has 1 aliphatic heterocycles. The number of hydrogen-bond donors (Lipinski definition) is 0. The van der Waals surface area contributed by atoms with E-state index in [1.54, 1.807) is 6.07 Å². The van der Waals surface area contributed by atoms with Crippen molar-refractivity contribution in [2.24, 2.45) is 5.92 Å². The molecule has 1 aromatic carbocycles. The summed E-state index contributed by atoms with van der Waals surface area (Å²) in [6, 6.07) is 5.29. The molecule has 1 aromatic heterocycles. The molecule has 2 aromatic rings. The Balaban J connectivity index is 1.85. The van der Waals surface area contributed by atoms with Crippen LogP contribution in [0.3, 0.4) is 0 Å². The summed E-state index contributed by atoms with van der Waals surface area (Å²) in [7, 11) is 0. The third-order valence-electron chi connectivity index (χ3n) is 5.70. The molecule has 2 heterocycles. The molecule has 0 N–H and O–H groups in total. The van der Waals surface area contributed by atoms with Crippen LogP contribution in [0, 0.1) is 5.92 Å². The monoisotopic (exact) mass is 399 g/mol. The molecule has 1 atom stereocenters. The van der Waals surface area contributed by atoms with Gasteiger partial charge in [0.2, 0.25) is 0 Å². The molecule has 27 heavy (non-hydrogen) atoms. The van der Waals surface area contributed by atoms with Crippen LogP contribution < -0.4 is 5.69 Å². The SMILES string of the molecule is O=c1n(CC(F)(F)F)nc2n1C(C1CCCCCC1)c1cccc(Cl)c1C2. The number of benzene rings is 1. The number of aromatic nitrogens is 3. The van der Waals surface area contributed by atoms with Gasteiger partial charge >= 0.3 is 11.9 Å². The minimum absolute atomic E-state index is 0.199. The molecular weight excluding hydrogens is 379 g/mol. The Labute approximate surface area is 159 Å². The highest BCUT2D eigenvalue weighted by atomic mass is 35.5. The van der Waals surface area contributed by atoms with Crippen molar-refractivity contribution >= 4 is 11.6 Å². The fourth-order valence-corrected chi connectivity index (χ4v) is 4.81. The zero-order chi connectivity index (χ0) is 19.2. The lowest BCUT2D eigenvalue weighted by Crippen LogP contribution is -2.37. The van der Waals surface area contributed by atoms with E-state index in [4.69, 9.17) is 11.6 Å². The Kier molecular flexibility index (Phi) is 4.82. The second-order valence-electron chi connectivity index (χ2n) is 7.52. The number of halogens is 4. The summed E-state index contributed by atoms with van der Waals surface area (Å²) in [4.78, 5) is 12.9. The molecule has 1 saturated carbocycles. The van der Waals surface area contributed by atoms with Crippen LogP contribution in [0.25, 0.3) is 0 Å². The van der Waals surface area contributed by atoms with Crippen LogP contribution in [-0.2, 0) is 13.0 Å². The number of nitrogens with zero attached hydrogens (tertiary/aromatic N) is 3. The first-order chi connectivity index (χ1) is 12.8. The predicted molar refractivity (Wildman–Crippen MR) is 96.1 cm³/mol. The Hall–Kier alpha value is -1.76. The van der Waals surface area contributed by atoms with Gasteiger partial charge in [-0.15, -0.1) is 0 Å². The summed E-state index contributed by atoms with van der Waals surface area (Å²) in [5.41, 5.74) is 1.16. The van der Waals surface area contributed by atoms with Gasteiger partial charge in [0.25, 0.3) is 0 Å². The molecule has 4 rings (SSSR count). The van der Waals surface area contributed by atoms with E-state index in [1.807, 2.05) is 12.1 Å². The summed E-state index contributed by atoms with van der Waals surface area (Å²) in [5.74, 6) is 0.573. The Morgan fingerprint density at radius 3 is 2.52 bits per heavy atom. The Morgan fingerprint density at radius 1 is 1.15 bits per heavy atom. The predicted octanol–water partition coefficient (Wildman–Crippen LogP) is 4.72. The fourth-order valence-electron chi connectivity index (χ4n) is 4.57. The summed E-state index contributed by atoms with van der Waals surface area (Å²) in [6.45, 7) is -1.37. The molecule has 0 saturated heterocycles. The molecule has 4 nitrogen and oxygen atoms in total. The van der Waals surface area contributed by atoms with Gasteiger partial charge in [0.05, 0.1) is 6.04 Å². The quantitative estimate of drug-likeness (QED) is 0.685. The van der Waals surface area contributed by atoms with Crippen LogP contribution in [0.2, 0.25) is 5.02 Å². The first kappa shape index (κ1) is 18.6. The Morgan fingerprint density at radius 2 is 1.85 bits per heavy atom. The van der Waals surface area contributed by atoms with E-state index in [2.05, 4.69) is 5.10 Å². The first-order valence-electron chi connectivity index (χ1n) is 9.37. The molecular formula is C19H21ClF3N3O. The van der Waals surface area contributed by atoms with Crippen molar-refractivity contribution in [2.45, 2.75) is 63.7 Å². The minimum Gasteiger partial charge on any atom is -0.271 e. The van der Waals surface area contributed by atoms with Gasteiger partial charge in [-0.05, 0) is 36.0 Å². The smallest absolute Gasteiger partial charge is 0.271 e. The molecule has 0 amide bonds. The second-order valence-corrected chi connectivity index (χ2v) is 7.93. The maximum absolute atomic E-state index is 12.9. The van der Waals surface area contributed by atoms with Crippen LogP contribution in [0.5, 0.6) is 0 Å². The fraction of sp³-hybridized carbons (Fsp3) is 0.579. The molecule has 0 spiro atoms. The highest BCUT2D eigenvalue weighted by Gasteiger charge is 2.38. The van der Waals surface area contributed by atoms with Gasteiger partial charge in [0.1, 0.15) is 12.4 Å². The van der Waals surface area contributed by atoms with Gasteiger partial charge in [-0.2, -0.15) is 18.3 Å². The summed E-state index contributed by atoms with van der Waals surface area (Å²) >= 11 is 6.40. The van der Waals surface area contributed by atoms with Crippen molar-refractivity contribution in [1.82, 2.24) is 14.3 Å². The van der Waals surface area contributed by atoms with Crippen LogP contribution in [0.4, 0.5) is 13.2 Å². The molecule has 1 fully saturated rings. The van der Waals surface area contributed by atoms with Crippen molar-refractivity contribution in [2.75, 3.05) is 0 Å². The molecule has 1 unspecified atom stereocenters. The molecule has 8 heteroatoms. The van der Waals surface area contributed by atoms with Crippen LogP contribution in [0.1, 0.15) is 61.5 Å². The number of hydrogen-bond acceptors (Lipinski definition) is 2. The summed E-state index contributed by atoms with van der Waals surface area (Å²) in [6.07, 6.45) is 2.13. The lowest BCUT2D eigenvalue weighted by atomic mass is 9.82. The third-order valence-corrected chi connectivity index (χ3v) is 6.06. The van der Waals surface area contributed by atoms with Crippen molar-refractivity contribution in [3.05, 3.63) is 50.7 Å². The van der Waals surface area contributed by atoms with E-state index in [-0.39, 0.29) is 18.4 Å². The number of rotatable bonds is 2. The maximum atomic E-state index is 12.9. The highest BCUT2D eigenvalue weighted by Crippen LogP contribution is 2.42. The van der Waals surface area contributed by atoms with E-state index >= 15 is 0 Å². The zero-order valence-electron chi connectivity index (χ0n) is 14.8. The molecule has 146 valence electrons. The maximum Gasteiger partial charge on any atom is 0.408 e. The molecule has 0 radical (unpaired) electrons. The largest absolute Gasteiger partial charge is 0.408 e. The average Bonchev–Trinajstić information content (AvgIpc) is 2.79. The van der Waals surface area contributed by atoms with Gasteiger partial charge < -0.3 is 0 Å². The van der Waals surface area contributed by atoms with Crippen LogP contribution in [0.15, 0.2) is 23.0 Å². The van der Waals surface area contributed by atoms with E-state index in [0.29, 0.717) is 15.5 Å². The van der Waals surface area contributed by atoms with E-state index in [9.17, 15) is 18.0 Å². The van der Waals surface area contributed by atoms with Crippen molar-refractivity contribution < 1.29 is 13.2 Å². The van der Waals surface area contributed by atoms with Gasteiger partial charge in [0, 0.05) is 11.4 Å². The molecule has 0 bridgehead atoms. The topological polar surface area (TPSA) is 39.8 Å². The average molecular weight is 400 g/mol. The minimum atomic E-state index is -4.49. The Bertz CT molecular complexity index is 895. The van der Waals surface area contributed by atoms with Crippen molar-refractivity contribution in [3.63, 3.8) is 0 Å². The van der Waals surface area contributed by atoms with Crippen molar-refractivity contribution in [1.29, 1.82) is 0 Å². The van der Waals surface area contributed by atoms with Gasteiger partial charge in [0.15, 0.2) is 0 Å². The normalized spacial score (nSPS) is 20.8. The number of fused-ring (bicyclic) bond motifs is 2. The summed E-state index contributed by atoms with van der Waals surface area (Å²) in [5, 5.41) is 4.61. The van der Waals surface area contributed by atoms with Gasteiger partial charge in [-0.3, -0.25) is 4.57 Å². The highest BCUT2D eigenvalue weighted by molar-refractivity contribution is 6.31. The van der Waals surface area contributed by atoms with Crippen molar-refractivity contribution in [3.8, 4) is 0 Å².